The van der Waals surface area contributed by atoms with Gasteiger partial charge in [0.15, 0.2) is 0 Å². The molecule has 104 valence electrons. The molecule has 1 saturated heterocycles. The molecule has 5 nitrogen and oxygen atoms in total. The van der Waals surface area contributed by atoms with Crippen molar-refractivity contribution in [3.63, 3.8) is 0 Å². The van der Waals surface area contributed by atoms with Gasteiger partial charge in [0.2, 0.25) is 0 Å². The highest BCUT2D eigenvalue weighted by atomic mass is 16.5. The number of carbonyl (C=O) groups excluding carboxylic acids is 1. The van der Waals surface area contributed by atoms with Gasteiger partial charge < -0.3 is 19.7 Å². The number of nitrogens with one attached hydrogen (secondary N) is 1. The Morgan fingerprint density at radius 3 is 2.72 bits per heavy atom. The summed E-state index contributed by atoms with van der Waals surface area (Å²) in [7, 11) is 3.22. The first kappa shape index (κ1) is 13.8. The van der Waals surface area contributed by atoms with Gasteiger partial charge in [0.25, 0.3) is 0 Å². The summed E-state index contributed by atoms with van der Waals surface area (Å²) in [5.74, 6) is -0.135. The zero-order valence-electron chi connectivity index (χ0n) is 11.4. The summed E-state index contributed by atoms with van der Waals surface area (Å²) in [6.45, 7) is 2.98. The number of ether oxygens (including phenoxy) is 2. The summed E-state index contributed by atoms with van der Waals surface area (Å²) >= 11 is 0. The van der Waals surface area contributed by atoms with Crippen LogP contribution in [0.4, 0.5) is 0 Å². The fourth-order valence-corrected chi connectivity index (χ4v) is 2.45. The summed E-state index contributed by atoms with van der Waals surface area (Å²) in [6, 6.07) is 0.378. The SMILES string of the molecule is COC(=O)C(CCN1CCC(OC)C1)NC1CC1. The monoisotopic (exact) mass is 256 g/mol. The third kappa shape index (κ3) is 3.93. The van der Waals surface area contributed by atoms with Gasteiger partial charge in [-0.05, 0) is 25.7 Å². The number of rotatable bonds is 7. The summed E-state index contributed by atoms with van der Waals surface area (Å²) in [6.07, 6.45) is 4.64. The molecule has 1 aliphatic heterocycles. The van der Waals surface area contributed by atoms with E-state index < -0.39 is 0 Å². The number of nitrogens with zero attached hydrogens (tertiary/aromatic N) is 1. The summed E-state index contributed by atoms with van der Waals surface area (Å²) in [5, 5.41) is 3.36. The van der Waals surface area contributed by atoms with Gasteiger partial charge in [0, 0.05) is 32.8 Å². The van der Waals surface area contributed by atoms with Crippen LogP contribution < -0.4 is 5.32 Å². The molecule has 0 aromatic heterocycles. The van der Waals surface area contributed by atoms with Gasteiger partial charge in [0.1, 0.15) is 6.04 Å². The van der Waals surface area contributed by atoms with Gasteiger partial charge in [-0.2, -0.15) is 0 Å². The van der Waals surface area contributed by atoms with Crippen molar-refractivity contribution in [2.45, 2.75) is 43.9 Å². The molecule has 0 spiro atoms. The number of likely N-dealkylation sites (tertiary alicyclic amines) is 1. The number of methoxy groups -OCH3 is 2. The number of hydrogen-bond donors (Lipinski definition) is 1. The van der Waals surface area contributed by atoms with Gasteiger partial charge in [-0.3, -0.25) is 4.79 Å². The number of carbonyl (C=O) groups is 1. The van der Waals surface area contributed by atoms with Crippen LogP contribution in [0.15, 0.2) is 0 Å². The third-order valence-corrected chi connectivity index (χ3v) is 3.80. The zero-order valence-corrected chi connectivity index (χ0v) is 11.4. The average Bonchev–Trinajstić information content (AvgIpc) is 3.09. The maximum absolute atomic E-state index is 11.7. The molecule has 2 atom stereocenters. The highest BCUT2D eigenvalue weighted by Crippen LogP contribution is 2.20. The molecule has 2 fully saturated rings. The Balaban J connectivity index is 1.72. The Kier molecular flexibility index (Phi) is 4.97. The molecule has 1 aliphatic carbocycles. The van der Waals surface area contributed by atoms with Crippen LogP contribution in [0.3, 0.4) is 0 Å². The maximum atomic E-state index is 11.7. The highest BCUT2D eigenvalue weighted by Gasteiger charge is 2.30. The molecule has 2 rings (SSSR count). The molecule has 2 unspecified atom stereocenters. The number of esters is 1. The molecule has 5 heteroatoms. The van der Waals surface area contributed by atoms with Crippen molar-refractivity contribution in [3.05, 3.63) is 0 Å². The predicted octanol–water partition coefficient (Wildman–Crippen LogP) is 0.391. The van der Waals surface area contributed by atoms with Crippen LogP contribution in [0.25, 0.3) is 0 Å². The predicted molar refractivity (Wildman–Crippen MR) is 68.4 cm³/mol. The van der Waals surface area contributed by atoms with Gasteiger partial charge in [-0.1, -0.05) is 0 Å². The van der Waals surface area contributed by atoms with E-state index in [0.29, 0.717) is 12.1 Å². The Morgan fingerprint density at radius 2 is 2.17 bits per heavy atom. The summed E-state index contributed by atoms with van der Waals surface area (Å²) < 4.78 is 10.2. The van der Waals surface area contributed by atoms with Gasteiger partial charge in [-0.25, -0.2) is 0 Å². The van der Waals surface area contributed by atoms with E-state index in [-0.39, 0.29) is 12.0 Å². The number of hydrogen-bond acceptors (Lipinski definition) is 5. The van der Waals surface area contributed by atoms with Gasteiger partial charge >= 0.3 is 5.97 Å². The molecular weight excluding hydrogens is 232 g/mol. The minimum absolute atomic E-state index is 0.135. The topological polar surface area (TPSA) is 50.8 Å². The van der Waals surface area contributed by atoms with Crippen molar-refractivity contribution < 1.29 is 14.3 Å². The first-order valence-corrected chi connectivity index (χ1v) is 6.82. The lowest BCUT2D eigenvalue weighted by molar-refractivity contribution is -0.143. The van der Waals surface area contributed by atoms with E-state index in [1.807, 2.05) is 0 Å². The minimum Gasteiger partial charge on any atom is -0.468 e. The van der Waals surface area contributed by atoms with Crippen LogP contribution in [0.5, 0.6) is 0 Å². The van der Waals surface area contributed by atoms with Crippen molar-refractivity contribution in [2.75, 3.05) is 33.9 Å². The second-order valence-corrected chi connectivity index (χ2v) is 5.25. The van der Waals surface area contributed by atoms with E-state index in [0.717, 1.165) is 32.5 Å². The van der Waals surface area contributed by atoms with Crippen LogP contribution in [0, 0.1) is 0 Å². The first-order valence-electron chi connectivity index (χ1n) is 6.82. The molecule has 0 aromatic carbocycles. The molecule has 1 saturated carbocycles. The van der Waals surface area contributed by atoms with E-state index in [1.165, 1.54) is 20.0 Å². The average molecular weight is 256 g/mol. The van der Waals surface area contributed by atoms with E-state index >= 15 is 0 Å². The second-order valence-electron chi connectivity index (χ2n) is 5.25. The van der Waals surface area contributed by atoms with Crippen molar-refractivity contribution in [1.82, 2.24) is 10.2 Å². The van der Waals surface area contributed by atoms with Crippen LogP contribution >= 0.6 is 0 Å². The van der Waals surface area contributed by atoms with E-state index in [4.69, 9.17) is 9.47 Å². The Hall–Kier alpha value is -0.650. The Bertz CT molecular complexity index is 281. The smallest absolute Gasteiger partial charge is 0.322 e. The normalized spacial score (nSPS) is 26.2. The molecule has 1 N–H and O–H groups in total. The fourth-order valence-electron chi connectivity index (χ4n) is 2.45. The van der Waals surface area contributed by atoms with Crippen LogP contribution in [0.2, 0.25) is 0 Å². The molecule has 0 radical (unpaired) electrons. The second kappa shape index (κ2) is 6.50. The summed E-state index contributed by atoms with van der Waals surface area (Å²) in [4.78, 5) is 14.0. The van der Waals surface area contributed by atoms with Crippen LogP contribution in [0.1, 0.15) is 25.7 Å². The van der Waals surface area contributed by atoms with Crippen molar-refractivity contribution in [1.29, 1.82) is 0 Å². The minimum atomic E-state index is -0.149. The van der Waals surface area contributed by atoms with Crippen LogP contribution in [-0.2, 0) is 14.3 Å². The van der Waals surface area contributed by atoms with Crippen molar-refractivity contribution >= 4 is 5.97 Å². The quantitative estimate of drug-likeness (QED) is 0.668. The Labute approximate surface area is 109 Å². The summed E-state index contributed by atoms with van der Waals surface area (Å²) in [5.41, 5.74) is 0. The third-order valence-electron chi connectivity index (χ3n) is 3.80. The molecular formula is C13H24N2O3. The molecule has 2 aliphatic rings. The maximum Gasteiger partial charge on any atom is 0.322 e. The fraction of sp³-hybridized carbons (Fsp3) is 0.923. The molecule has 0 bridgehead atoms. The van der Waals surface area contributed by atoms with E-state index in [1.54, 1.807) is 7.11 Å². The standard InChI is InChI=1S/C13H24N2O3/c1-17-11-5-7-15(9-11)8-6-12(13(16)18-2)14-10-3-4-10/h10-12,14H,3-9H2,1-2H3. The first-order chi connectivity index (χ1) is 8.72. The van der Waals surface area contributed by atoms with Gasteiger partial charge in [-0.15, -0.1) is 0 Å². The lowest BCUT2D eigenvalue weighted by Gasteiger charge is -2.20. The molecule has 0 aromatic rings. The molecule has 0 amide bonds. The lowest BCUT2D eigenvalue weighted by Crippen LogP contribution is -2.41. The van der Waals surface area contributed by atoms with Crippen molar-refractivity contribution in [2.24, 2.45) is 0 Å². The molecule has 1 heterocycles. The van der Waals surface area contributed by atoms with E-state index in [2.05, 4.69) is 10.2 Å². The van der Waals surface area contributed by atoms with E-state index in [9.17, 15) is 4.79 Å². The Morgan fingerprint density at radius 1 is 1.39 bits per heavy atom. The zero-order chi connectivity index (χ0) is 13.0. The highest BCUT2D eigenvalue weighted by molar-refractivity contribution is 5.75. The lowest BCUT2D eigenvalue weighted by atomic mass is 10.2. The van der Waals surface area contributed by atoms with Gasteiger partial charge in [0.05, 0.1) is 13.2 Å². The molecule has 18 heavy (non-hydrogen) atoms. The van der Waals surface area contributed by atoms with Crippen LogP contribution in [-0.4, -0.2) is 62.9 Å². The van der Waals surface area contributed by atoms with Crippen molar-refractivity contribution in [3.8, 4) is 0 Å². The largest absolute Gasteiger partial charge is 0.468 e.